The number of hydrogen-bond donors (Lipinski definition) is 1. The molecule has 2 rings (SSSR count). The predicted octanol–water partition coefficient (Wildman–Crippen LogP) is 4.05. The number of carboxylic acid groups (broad SMARTS) is 1. The van der Waals surface area contributed by atoms with Gasteiger partial charge in [-0.25, -0.2) is 0 Å². The van der Waals surface area contributed by atoms with Gasteiger partial charge in [0.05, 0.1) is 22.7 Å². The highest BCUT2D eigenvalue weighted by Crippen LogP contribution is 2.33. The van der Waals surface area contributed by atoms with Crippen molar-refractivity contribution in [2.45, 2.75) is 12.6 Å². The zero-order chi connectivity index (χ0) is 15.6. The van der Waals surface area contributed by atoms with Gasteiger partial charge < -0.3 is 5.11 Å². The molecule has 2 aromatic rings. The lowest BCUT2D eigenvalue weighted by Crippen LogP contribution is -2.05. The molecule has 1 aromatic heterocycles. The van der Waals surface area contributed by atoms with Crippen molar-refractivity contribution in [3.8, 4) is 11.3 Å². The summed E-state index contributed by atoms with van der Waals surface area (Å²) in [7, 11) is 0. The number of nitrogens with zero attached hydrogens (tertiary/aromatic N) is 1. The minimum absolute atomic E-state index is 0.105. The van der Waals surface area contributed by atoms with Crippen molar-refractivity contribution in [3.63, 3.8) is 0 Å². The molecule has 110 valence electrons. The number of alkyl halides is 3. The molecule has 0 atom stereocenters. The van der Waals surface area contributed by atoms with Crippen LogP contribution >= 0.6 is 11.6 Å². The van der Waals surface area contributed by atoms with Crippen LogP contribution in [0.5, 0.6) is 0 Å². The summed E-state index contributed by atoms with van der Waals surface area (Å²) in [5, 5.41) is 8.78. The third-order valence-corrected chi connectivity index (χ3v) is 3.00. The number of carboxylic acids is 1. The topological polar surface area (TPSA) is 50.2 Å². The number of hydrogen-bond acceptors (Lipinski definition) is 2. The van der Waals surface area contributed by atoms with Crippen molar-refractivity contribution >= 4 is 17.6 Å². The molecule has 1 heterocycles. The van der Waals surface area contributed by atoms with Crippen molar-refractivity contribution in [3.05, 3.63) is 52.7 Å². The first-order chi connectivity index (χ1) is 9.77. The summed E-state index contributed by atoms with van der Waals surface area (Å²) in [4.78, 5) is 14.6. The zero-order valence-electron chi connectivity index (χ0n) is 10.5. The fourth-order valence-corrected chi connectivity index (χ4v) is 2.10. The Morgan fingerprint density at radius 1 is 1.29 bits per heavy atom. The van der Waals surface area contributed by atoms with E-state index in [1.165, 1.54) is 24.4 Å². The molecule has 0 saturated carbocycles. The molecule has 3 nitrogen and oxygen atoms in total. The highest BCUT2D eigenvalue weighted by molar-refractivity contribution is 6.33. The van der Waals surface area contributed by atoms with Gasteiger partial charge in [0.1, 0.15) is 0 Å². The average Bonchev–Trinajstić information content (AvgIpc) is 2.37. The molecular formula is C14H9ClF3NO2. The Kier molecular flexibility index (Phi) is 4.18. The van der Waals surface area contributed by atoms with E-state index in [0.29, 0.717) is 5.56 Å². The van der Waals surface area contributed by atoms with Crippen LogP contribution in [0.25, 0.3) is 11.3 Å². The number of carbonyl (C=O) groups is 1. The number of benzene rings is 1. The Bertz CT molecular complexity index is 686. The van der Waals surface area contributed by atoms with Crippen LogP contribution in [0, 0.1) is 0 Å². The minimum Gasteiger partial charge on any atom is -0.481 e. The van der Waals surface area contributed by atoms with E-state index in [0.717, 1.165) is 12.1 Å². The number of aliphatic carboxylic acids is 1. The quantitative estimate of drug-likeness (QED) is 0.929. The smallest absolute Gasteiger partial charge is 0.416 e. The van der Waals surface area contributed by atoms with Gasteiger partial charge in [-0.05, 0) is 23.8 Å². The summed E-state index contributed by atoms with van der Waals surface area (Å²) in [5.41, 5.74) is -0.0238. The lowest BCUT2D eigenvalue weighted by atomic mass is 10.1. The molecule has 0 aliphatic carbocycles. The largest absolute Gasteiger partial charge is 0.481 e. The summed E-state index contributed by atoms with van der Waals surface area (Å²) < 4.78 is 38.0. The molecule has 0 bridgehead atoms. The average molecular weight is 316 g/mol. The minimum atomic E-state index is -4.45. The third-order valence-electron chi connectivity index (χ3n) is 2.72. The van der Waals surface area contributed by atoms with E-state index >= 15 is 0 Å². The van der Waals surface area contributed by atoms with Crippen LogP contribution in [0.15, 0.2) is 36.5 Å². The second-order valence-corrected chi connectivity index (χ2v) is 4.73. The highest BCUT2D eigenvalue weighted by Gasteiger charge is 2.30. The van der Waals surface area contributed by atoms with E-state index in [9.17, 15) is 18.0 Å². The van der Waals surface area contributed by atoms with Crippen LogP contribution in [-0.2, 0) is 17.4 Å². The molecule has 0 aliphatic rings. The Balaban J connectivity index is 2.41. The molecule has 1 aromatic carbocycles. The van der Waals surface area contributed by atoms with Gasteiger partial charge in [-0.2, -0.15) is 13.2 Å². The maximum Gasteiger partial charge on any atom is 0.416 e. The van der Waals surface area contributed by atoms with E-state index in [-0.39, 0.29) is 22.7 Å². The summed E-state index contributed by atoms with van der Waals surface area (Å²) >= 11 is 5.98. The molecule has 0 spiro atoms. The highest BCUT2D eigenvalue weighted by atomic mass is 35.5. The fraction of sp³-hybridized carbons (Fsp3) is 0.143. The maximum absolute atomic E-state index is 12.7. The molecular weight excluding hydrogens is 307 g/mol. The molecule has 0 unspecified atom stereocenters. The Morgan fingerprint density at radius 2 is 2.00 bits per heavy atom. The van der Waals surface area contributed by atoms with Crippen molar-refractivity contribution < 1.29 is 23.1 Å². The normalized spacial score (nSPS) is 11.4. The first kappa shape index (κ1) is 15.3. The van der Waals surface area contributed by atoms with E-state index in [1.807, 2.05) is 0 Å². The molecule has 21 heavy (non-hydrogen) atoms. The van der Waals surface area contributed by atoms with Crippen molar-refractivity contribution in [1.29, 1.82) is 0 Å². The third kappa shape index (κ3) is 3.72. The molecule has 0 fully saturated rings. The van der Waals surface area contributed by atoms with Gasteiger partial charge in [-0.3, -0.25) is 9.78 Å². The fourth-order valence-electron chi connectivity index (χ4n) is 1.80. The van der Waals surface area contributed by atoms with E-state index < -0.39 is 17.7 Å². The maximum atomic E-state index is 12.7. The van der Waals surface area contributed by atoms with Crippen LogP contribution in [0.2, 0.25) is 5.02 Å². The van der Waals surface area contributed by atoms with Gasteiger partial charge in [0.15, 0.2) is 0 Å². The van der Waals surface area contributed by atoms with Gasteiger partial charge >= 0.3 is 12.1 Å². The summed E-state index contributed by atoms with van der Waals surface area (Å²) in [6, 6.07) is 6.02. The number of pyridine rings is 1. The van der Waals surface area contributed by atoms with Gasteiger partial charge in [0.25, 0.3) is 0 Å². The molecule has 7 heteroatoms. The predicted molar refractivity (Wildman–Crippen MR) is 71.0 cm³/mol. The lowest BCUT2D eigenvalue weighted by molar-refractivity contribution is -0.138. The molecule has 0 radical (unpaired) electrons. The van der Waals surface area contributed by atoms with E-state index in [4.69, 9.17) is 16.7 Å². The van der Waals surface area contributed by atoms with Gasteiger partial charge in [-0.1, -0.05) is 23.7 Å². The van der Waals surface area contributed by atoms with Crippen molar-refractivity contribution in [2.24, 2.45) is 0 Å². The SMILES string of the molecule is O=C(O)Cc1cnc(-c2cccc(C(F)(F)F)c2)c(Cl)c1. The van der Waals surface area contributed by atoms with Crippen LogP contribution in [-0.4, -0.2) is 16.1 Å². The van der Waals surface area contributed by atoms with Crippen LogP contribution in [0.3, 0.4) is 0 Å². The second kappa shape index (κ2) is 5.73. The number of halogens is 4. The summed E-state index contributed by atoms with van der Waals surface area (Å²) in [6.45, 7) is 0. The molecule has 0 aliphatic heterocycles. The molecule has 0 saturated heterocycles. The van der Waals surface area contributed by atoms with Crippen LogP contribution in [0.1, 0.15) is 11.1 Å². The van der Waals surface area contributed by atoms with E-state index in [2.05, 4.69) is 4.98 Å². The van der Waals surface area contributed by atoms with Gasteiger partial charge in [0.2, 0.25) is 0 Å². The van der Waals surface area contributed by atoms with Gasteiger partial charge in [0, 0.05) is 11.8 Å². The van der Waals surface area contributed by atoms with Gasteiger partial charge in [-0.15, -0.1) is 0 Å². The van der Waals surface area contributed by atoms with E-state index in [1.54, 1.807) is 0 Å². The van der Waals surface area contributed by atoms with Crippen molar-refractivity contribution in [2.75, 3.05) is 0 Å². The first-order valence-electron chi connectivity index (χ1n) is 5.81. The van der Waals surface area contributed by atoms with Crippen LogP contribution < -0.4 is 0 Å². The Morgan fingerprint density at radius 3 is 2.57 bits per heavy atom. The first-order valence-corrected chi connectivity index (χ1v) is 6.19. The van der Waals surface area contributed by atoms with Crippen LogP contribution in [0.4, 0.5) is 13.2 Å². The molecule has 0 amide bonds. The Hall–Kier alpha value is -2.08. The summed E-state index contributed by atoms with van der Waals surface area (Å²) in [5.74, 6) is -1.04. The zero-order valence-corrected chi connectivity index (χ0v) is 11.2. The second-order valence-electron chi connectivity index (χ2n) is 4.32. The number of rotatable bonds is 3. The Labute approximate surface area is 123 Å². The standard InChI is InChI=1S/C14H9ClF3NO2/c15-11-4-8(5-12(20)21)7-19-13(11)9-2-1-3-10(6-9)14(16,17)18/h1-4,6-7H,5H2,(H,20,21). The van der Waals surface area contributed by atoms with Crippen molar-refractivity contribution in [1.82, 2.24) is 4.98 Å². The lowest BCUT2D eigenvalue weighted by Gasteiger charge is -2.10. The molecule has 1 N–H and O–H groups in total. The summed E-state index contributed by atoms with van der Waals surface area (Å²) in [6.07, 6.45) is -3.42. The monoisotopic (exact) mass is 315 g/mol. The number of aromatic nitrogens is 1.